The minimum Gasteiger partial charge on any atom is -0.340 e. The number of benzene rings is 2. The number of nitrogens with one attached hydrogen (secondary N) is 1. The van der Waals surface area contributed by atoms with Gasteiger partial charge in [0.25, 0.3) is 0 Å². The second kappa shape index (κ2) is 7.94. The maximum Gasteiger partial charge on any atom is 0.227 e. The number of aromatic nitrogens is 2. The summed E-state index contributed by atoms with van der Waals surface area (Å²) in [6.07, 6.45) is 2.17. The summed E-state index contributed by atoms with van der Waals surface area (Å²) < 4.78 is 15.1. The minimum atomic E-state index is -0.293. The Labute approximate surface area is 163 Å². The zero-order valence-electron chi connectivity index (χ0n) is 15.8. The van der Waals surface area contributed by atoms with Crippen LogP contribution in [0.2, 0.25) is 0 Å². The van der Waals surface area contributed by atoms with Crippen LogP contribution in [0.3, 0.4) is 0 Å². The van der Waals surface area contributed by atoms with Crippen LogP contribution in [0.5, 0.6) is 0 Å². The molecule has 0 saturated carbocycles. The Morgan fingerprint density at radius 1 is 1.18 bits per heavy atom. The largest absolute Gasteiger partial charge is 0.340 e. The fraction of sp³-hybridized carbons (Fsp3) is 0.273. The molecule has 4 rings (SSSR count). The maximum atomic E-state index is 13.4. The number of amides is 1. The standard InChI is InChI=1S/C22H23FN4O/c1-16-14-26(12-11-24-16)21(28)13-18-15-27(20-5-3-2-4-6-20)25-22(18)17-7-9-19(23)10-8-17/h2-10,15-16,24H,11-14H2,1H3. The molecule has 144 valence electrons. The number of nitrogens with zero attached hydrogens (tertiary/aromatic N) is 3. The monoisotopic (exact) mass is 378 g/mol. The van der Waals surface area contributed by atoms with E-state index in [9.17, 15) is 9.18 Å². The quantitative estimate of drug-likeness (QED) is 0.759. The van der Waals surface area contributed by atoms with Gasteiger partial charge in [-0.1, -0.05) is 18.2 Å². The van der Waals surface area contributed by atoms with E-state index in [0.29, 0.717) is 24.8 Å². The van der Waals surface area contributed by atoms with Crippen molar-refractivity contribution in [2.75, 3.05) is 19.6 Å². The third-order valence-corrected chi connectivity index (χ3v) is 4.99. The van der Waals surface area contributed by atoms with Crippen LogP contribution in [0.25, 0.3) is 16.9 Å². The number of carbonyl (C=O) groups is 1. The number of para-hydroxylation sites is 1. The molecule has 1 aliphatic rings. The van der Waals surface area contributed by atoms with E-state index in [2.05, 4.69) is 12.2 Å². The average Bonchev–Trinajstić information content (AvgIpc) is 3.13. The molecular weight excluding hydrogens is 355 g/mol. The summed E-state index contributed by atoms with van der Waals surface area (Å²) in [5, 5.41) is 8.06. The first kappa shape index (κ1) is 18.4. The summed E-state index contributed by atoms with van der Waals surface area (Å²) in [5.74, 6) is -0.206. The molecule has 0 bridgehead atoms. The summed E-state index contributed by atoms with van der Waals surface area (Å²) in [6.45, 7) is 4.30. The van der Waals surface area contributed by atoms with E-state index in [1.165, 1.54) is 12.1 Å². The highest BCUT2D eigenvalue weighted by Gasteiger charge is 2.23. The van der Waals surface area contributed by atoms with Crippen LogP contribution in [0, 0.1) is 5.82 Å². The number of piperazine rings is 1. The van der Waals surface area contributed by atoms with Crippen molar-refractivity contribution in [2.24, 2.45) is 0 Å². The van der Waals surface area contributed by atoms with Crippen molar-refractivity contribution in [1.82, 2.24) is 20.0 Å². The lowest BCUT2D eigenvalue weighted by molar-refractivity contribution is -0.131. The van der Waals surface area contributed by atoms with Crippen molar-refractivity contribution in [3.63, 3.8) is 0 Å². The van der Waals surface area contributed by atoms with E-state index in [4.69, 9.17) is 5.10 Å². The molecule has 1 aliphatic heterocycles. The SMILES string of the molecule is CC1CN(C(=O)Cc2cn(-c3ccccc3)nc2-c2ccc(F)cc2)CCN1. The number of carbonyl (C=O) groups excluding carboxylic acids is 1. The van der Waals surface area contributed by atoms with Crippen molar-refractivity contribution in [2.45, 2.75) is 19.4 Å². The van der Waals surface area contributed by atoms with Crippen LogP contribution in [0.4, 0.5) is 4.39 Å². The van der Waals surface area contributed by atoms with Gasteiger partial charge in [0.1, 0.15) is 5.82 Å². The van der Waals surface area contributed by atoms with Crippen molar-refractivity contribution in [3.8, 4) is 16.9 Å². The summed E-state index contributed by atoms with van der Waals surface area (Å²) in [4.78, 5) is 14.8. The van der Waals surface area contributed by atoms with Crippen molar-refractivity contribution < 1.29 is 9.18 Å². The molecule has 1 aromatic heterocycles. The fourth-order valence-electron chi connectivity index (χ4n) is 3.54. The van der Waals surface area contributed by atoms with E-state index in [0.717, 1.165) is 23.4 Å². The van der Waals surface area contributed by atoms with Gasteiger partial charge < -0.3 is 10.2 Å². The normalized spacial score (nSPS) is 16.9. The second-order valence-corrected chi connectivity index (χ2v) is 7.16. The van der Waals surface area contributed by atoms with Gasteiger partial charge in [-0.2, -0.15) is 5.10 Å². The zero-order valence-corrected chi connectivity index (χ0v) is 15.8. The molecule has 0 aliphatic carbocycles. The van der Waals surface area contributed by atoms with Gasteiger partial charge in [0.05, 0.1) is 17.8 Å². The first-order valence-corrected chi connectivity index (χ1v) is 9.51. The Morgan fingerprint density at radius 3 is 2.64 bits per heavy atom. The van der Waals surface area contributed by atoms with E-state index in [1.807, 2.05) is 41.4 Å². The molecule has 3 aromatic rings. The highest BCUT2D eigenvalue weighted by molar-refractivity contribution is 5.81. The lowest BCUT2D eigenvalue weighted by Gasteiger charge is -2.32. The molecule has 0 radical (unpaired) electrons. The molecule has 5 nitrogen and oxygen atoms in total. The van der Waals surface area contributed by atoms with Gasteiger partial charge in [0.2, 0.25) is 5.91 Å². The topological polar surface area (TPSA) is 50.2 Å². The molecule has 1 fully saturated rings. The van der Waals surface area contributed by atoms with Crippen LogP contribution in [0.1, 0.15) is 12.5 Å². The molecular formula is C22H23FN4O. The molecule has 28 heavy (non-hydrogen) atoms. The Balaban J connectivity index is 1.67. The van der Waals surface area contributed by atoms with E-state index in [1.54, 1.807) is 16.8 Å². The molecule has 2 heterocycles. The fourth-order valence-corrected chi connectivity index (χ4v) is 3.54. The first-order chi connectivity index (χ1) is 13.6. The Kier molecular flexibility index (Phi) is 5.21. The first-order valence-electron chi connectivity index (χ1n) is 9.51. The van der Waals surface area contributed by atoms with Crippen molar-refractivity contribution in [1.29, 1.82) is 0 Å². The highest BCUT2D eigenvalue weighted by atomic mass is 19.1. The number of halogens is 1. The maximum absolute atomic E-state index is 13.4. The molecule has 1 amide bonds. The molecule has 1 saturated heterocycles. The van der Waals surface area contributed by atoms with Gasteiger partial charge in [-0.15, -0.1) is 0 Å². The van der Waals surface area contributed by atoms with Gasteiger partial charge >= 0.3 is 0 Å². The van der Waals surface area contributed by atoms with Crippen LogP contribution in [-0.4, -0.2) is 46.3 Å². The van der Waals surface area contributed by atoms with Crippen LogP contribution in [0.15, 0.2) is 60.8 Å². The van der Waals surface area contributed by atoms with E-state index in [-0.39, 0.29) is 18.1 Å². The van der Waals surface area contributed by atoms with Crippen LogP contribution >= 0.6 is 0 Å². The van der Waals surface area contributed by atoms with Gasteiger partial charge in [0.15, 0.2) is 0 Å². The smallest absolute Gasteiger partial charge is 0.227 e. The zero-order chi connectivity index (χ0) is 19.5. The third-order valence-electron chi connectivity index (χ3n) is 4.99. The molecule has 6 heteroatoms. The lowest BCUT2D eigenvalue weighted by atomic mass is 10.0. The molecule has 1 N–H and O–H groups in total. The number of hydrogen-bond acceptors (Lipinski definition) is 3. The summed E-state index contributed by atoms with van der Waals surface area (Å²) in [6, 6.07) is 16.3. The van der Waals surface area contributed by atoms with Gasteiger partial charge in [-0.05, 0) is 43.3 Å². The van der Waals surface area contributed by atoms with Gasteiger partial charge in [-0.25, -0.2) is 9.07 Å². The molecule has 1 atom stereocenters. The summed E-state index contributed by atoms with van der Waals surface area (Å²) >= 11 is 0. The van der Waals surface area contributed by atoms with Crippen LogP contribution in [-0.2, 0) is 11.2 Å². The van der Waals surface area contributed by atoms with E-state index < -0.39 is 0 Å². The minimum absolute atomic E-state index is 0.0873. The Hall–Kier alpha value is -2.99. The summed E-state index contributed by atoms with van der Waals surface area (Å²) in [5.41, 5.74) is 3.26. The lowest BCUT2D eigenvalue weighted by Crippen LogP contribution is -2.51. The van der Waals surface area contributed by atoms with E-state index >= 15 is 0 Å². The Bertz CT molecular complexity index is 952. The third kappa shape index (κ3) is 3.97. The number of rotatable bonds is 4. The molecule has 1 unspecified atom stereocenters. The van der Waals surface area contributed by atoms with Gasteiger partial charge in [-0.3, -0.25) is 4.79 Å². The predicted molar refractivity (Wildman–Crippen MR) is 107 cm³/mol. The van der Waals surface area contributed by atoms with Crippen LogP contribution < -0.4 is 5.32 Å². The predicted octanol–water partition coefficient (Wildman–Crippen LogP) is 3.04. The van der Waals surface area contributed by atoms with Crippen molar-refractivity contribution in [3.05, 3.63) is 72.2 Å². The Morgan fingerprint density at radius 2 is 1.93 bits per heavy atom. The highest BCUT2D eigenvalue weighted by Crippen LogP contribution is 2.25. The summed E-state index contributed by atoms with van der Waals surface area (Å²) in [7, 11) is 0. The van der Waals surface area contributed by atoms with Crippen molar-refractivity contribution >= 4 is 5.91 Å². The van der Waals surface area contributed by atoms with Gasteiger partial charge in [0, 0.05) is 43.0 Å². The molecule has 2 aromatic carbocycles. The molecule has 0 spiro atoms. The average molecular weight is 378 g/mol. The number of hydrogen-bond donors (Lipinski definition) is 1. The second-order valence-electron chi connectivity index (χ2n) is 7.16.